The Labute approximate surface area is 123 Å². The van der Waals surface area contributed by atoms with Crippen molar-refractivity contribution in [3.63, 3.8) is 0 Å². The summed E-state index contributed by atoms with van der Waals surface area (Å²) in [5.74, 6) is 0.167. The number of nitrogens with two attached hydrogens (primary N) is 1. The van der Waals surface area contributed by atoms with Gasteiger partial charge in [0, 0.05) is 18.3 Å². The number of nitrogen functional groups attached to an aromatic ring is 1. The lowest BCUT2D eigenvalue weighted by Crippen LogP contribution is -2.25. The highest BCUT2D eigenvalue weighted by Crippen LogP contribution is 2.27. The summed E-state index contributed by atoms with van der Waals surface area (Å²) in [7, 11) is -3.52. The molecule has 0 aliphatic carbocycles. The standard InChI is InChI=1S/C14H16N4O2S/c1-2-10-3-5-12(6-4-10)21(19,20)18-8-11-7-16-14(15)17-13(11)9-18/h3-7H,2,8-9H2,1H3,(H2,15,16,17). The lowest BCUT2D eigenvalue weighted by molar-refractivity contribution is 0.430. The van der Waals surface area contributed by atoms with Crippen LogP contribution in [0.3, 0.4) is 0 Å². The van der Waals surface area contributed by atoms with Crippen molar-refractivity contribution in [2.45, 2.75) is 31.3 Å². The Bertz CT molecular complexity index is 772. The molecule has 2 N–H and O–H groups in total. The van der Waals surface area contributed by atoms with Crippen molar-refractivity contribution in [1.29, 1.82) is 0 Å². The predicted molar refractivity (Wildman–Crippen MR) is 78.7 cm³/mol. The minimum absolute atomic E-state index is 0.167. The van der Waals surface area contributed by atoms with Gasteiger partial charge in [-0.3, -0.25) is 0 Å². The van der Waals surface area contributed by atoms with Crippen LogP contribution in [0.15, 0.2) is 35.4 Å². The lowest BCUT2D eigenvalue weighted by atomic mass is 10.2. The molecule has 0 saturated carbocycles. The third-order valence-corrected chi connectivity index (χ3v) is 5.42. The van der Waals surface area contributed by atoms with Gasteiger partial charge in [-0.05, 0) is 24.1 Å². The lowest BCUT2D eigenvalue weighted by Gasteiger charge is -2.15. The van der Waals surface area contributed by atoms with E-state index in [4.69, 9.17) is 5.73 Å². The summed E-state index contributed by atoms with van der Waals surface area (Å²) in [5.41, 5.74) is 8.13. The highest BCUT2D eigenvalue weighted by molar-refractivity contribution is 7.89. The Morgan fingerprint density at radius 1 is 1.24 bits per heavy atom. The molecule has 1 aliphatic rings. The second kappa shape index (κ2) is 5.09. The Morgan fingerprint density at radius 3 is 2.62 bits per heavy atom. The minimum atomic E-state index is -3.52. The first-order valence-corrected chi connectivity index (χ1v) is 8.14. The maximum absolute atomic E-state index is 12.6. The van der Waals surface area contributed by atoms with Crippen LogP contribution in [0, 0.1) is 0 Å². The first kappa shape index (κ1) is 14.0. The quantitative estimate of drug-likeness (QED) is 0.924. The summed E-state index contributed by atoms with van der Waals surface area (Å²) in [6.07, 6.45) is 2.47. The average molecular weight is 304 g/mol. The molecule has 0 radical (unpaired) electrons. The number of hydrogen-bond donors (Lipinski definition) is 1. The fourth-order valence-corrected chi connectivity index (χ4v) is 3.74. The fraction of sp³-hybridized carbons (Fsp3) is 0.286. The van der Waals surface area contributed by atoms with E-state index in [2.05, 4.69) is 9.97 Å². The molecular weight excluding hydrogens is 288 g/mol. The molecule has 2 aromatic rings. The zero-order valence-electron chi connectivity index (χ0n) is 11.7. The van der Waals surface area contributed by atoms with Crippen LogP contribution in [0.5, 0.6) is 0 Å². The topological polar surface area (TPSA) is 89.2 Å². The zero-order chi connectivity index (χ0) is 15.0. The number of benzene rings is 1. The number of nitrogens with zero attached hydrogens (tertiary/aromatic N) is 3. The van der Waals surface area contributed by atoms with Crippen molar-refractivity contribution in [3.8, 4) is 0 Å². The van der Waals surface area contributed by atoms with Gasteiger partial charge in [-0.2, -0.15) is 4.31 Å². The number of sulfonamides is 1. The van der Waals surface area contributed by atoms with Gasteiger partial charge >= 0.3 is 0 Å². The second-order valence-electron chi connectivity index (χ2n) is 4.97. The number of rotatable bonds is 3. The third kappa shape index (κ3) is 2.50. The molecule has 6 nitrogen and oxygen atoms in total. The Balaban J connectivity index is 1.90. The third-order valence-electron chi connectivity index (χ3n) is 3.62. The molecule has 21 heavy (non-hydrogen) atoms. The molecule has 2 heterocycles. The molecule has 0 spiro atoms. The molecule has 0 saturated heterocycles. The number of anilines is 1. The van der Waals surface area contributed by atoms with Crippen molar-refractivity contribution in [2.75, 3.05) is 5.73 Å². The monoisotopic (exact) mass is 304 g/mol. The van der Waals surface area contributed by atoms with Crippen LogP contribution >= 0.6 is 0 Å². The second-order valence-corrected chi connectivity index (χ2v) is 6.91. The first-order valence-electron chi connectivity index (χ1n) is 6.70. The summed E-state index contributed by atoms with van der Waals surface area (Å²) < 4.78 is 26.7. The van der Waals surface area contributed by atoms with Gasteiger partial charge in [0.25, 0.3) is 0 Å². The summed E-state index contributed by atoms with van der Waals surface area (Å²) in [6, 6.07) is 6.98. The smallest absolute Gasteiger partial charge is 0.243 e. The minimum Gasteiger partial charge on any atom is -0.368 e. The molecule has 0 atom stereocenters. The zero-order valence-corrected chi connectivity index (χ0v) is 12.5. The van der Waals surface area contributed by atoms with Crippen LogP contribution in [0.1, 0.15) is 23.7 Å². The van der Waals surface area contributed by atoms with E-state index in [1.807, 2.05) is 19.1 Å². The number of aryl methyl sites for hydroxylation is 1. The van der Waals surface area contributed by atoms with E-state index in [1.54, 1.807) is 18.3 Å². The molecule has 7 heteroatoms. The van der Waals surface area contributed by atoms with E-state index in [-0.39, 0.29) is 19.0 Å². The molecular formula is C14H16N4O2S. The fourth-order valence-electron chi connectivity index (χ4n) is 2.36. The van der Waals surface area contributed by atoms with Crippen LogP contribution in [-0.4, -0.2) is 22.7 Å². The van der Waals surface area contributed by atoms with Gasteiger partial charge in [0.2, 0.25) is 16.0 Å². The highest BCUT2D eigenvalue weighted by Gasteiger charge is 2.31. The van der Waals surface area contributed by atoms with Crippen LogP contribution in [0.4, 0.5) is 5.95 Å². The summed E-state index contributed by atoms with van der Waals surface area (Å²) in [6.45, 7) is 2.55. The molecule has 3 rings (SSSR count). The van der Waals surface area contributed by atoms with Gasteiger partial charge in [0.15, 0.2) is 0 Å². The van der Waals surface area contributed by atoms with E-state index in [9.17, 15) is 8.42 Å². The summed E-state index contributed by atoms with van der Waals surface area (Å²) >= 11 is 0. The van der Waals surface area contributed by atoms with Crippen molar-refractivity contribution >= 4 is 16.0 Å². The number of fused-ring (bicyclic) bond motifs is 1. The van der Waals surface area contributed by atoms with Crippen LogP contribution in [0.2, 0.25) is 0 Å². The average Bonchev–Trinajstić information content (AvgIpc) is 2.91. The van der Waals surface area contributed by atoms with Crippen molar-refractivity contribution in [3.05, 3.63) is 47.3 Å². The molecule has 1 aromatic carbocycles. The van der Waals surface area contributed by atoms with E-state index >= 15 is 0 Å². The molecule has 0 unspecified atom stereocenters. The summed E-state index contributed by atoms with van der Waals surface area (Å²) in [5, 5.41) is 0. The van der Waals surface area contributed by atoms with E-state index in [1.165, 1.54) is 4.31 Å². The van der Waals surface area contributed by atoms with E-state index in [0.29, 0.717) is 10.6 Å². The molecule has 110 valence electrons. The van der Waals surface area contributed by atoms with E-state index < -0.39 is 10.0 Å². The first-order chi connectivity index (χ1) is 10.0. The van der Waals surface area contributed by atoms with Gasteiger partial charge in [-0.15, -0.1) is 0 Å². The van der Waals surface area contributed by atoms with Gasteiger partial charge < -0.3 is 5.73 Å². The van der Waals surface area contributed by atoms with Crippen LogP contribution < -0.4 is 5.73 Å². The molecule has 0 bridgehead atoms. The van der Waals surface area contributed by atoms with Crippen molar-refractivity contribution in [1.82, 2.24) is 14.3 Å². The highest BCUT2D eigenvalue weighted by atomic mass is 32.2. The molecule has 1 aromatic heterocycles. The molecule has 1 aliphatic heterocycles. The van der Waals surface area contributed by atoms with Crippen LogP contribution in [0.25, 0.3) is 0 Å². The van der Waals surface area contributed by atoms with Crippen molar-refractivity contribution < 1.29 is 8.42 Å². The normalized spacial score (nSPS) is 15.1. The van der Waals surface area contributed by atoms with E-state index in [0.717, 1.165) is 17.5 Å². The Morgan fingerprint density at radius 2 is 1.95 bits per heavy atom. The predicted octanol–water partition coefficient (Wildman–Crippen LogP) is 1.33. The summed E-state index contributed by atoms with van der Waals surface area (Å²) in [4.78, 5) is 8.31. The SMILES string of the molecule is CCc1ccc(S(=O)(=O)N2Cc3cnc(N)nc3C2)cc1. The number of hydrogen-bond acceptors (Lipinski definition) is 5. The Hall–Kier alpha value is -1.99. The number of aromatic nitrogens is 2. The Kier molecular flexibility index (Phi) is 3.38. The molecule has 0 amide bonds. The van der Waals surface area contributed by atoms with Gasteiger partial charge in [0.1, 0.15) is 0 Å². The van der Waals surface area contributed by atoms with Crippen LogP contribution in [-0.2, 0) is 29.5 Å². The van der Waals surface area contributed by atoms with Crippen molar-refractivity contribution in [2.24, 2.45) is 0 Å². The van der Waals surface area contributed by atoms with Gasteiger partial charge in [-0.25, -0.2) is 18.4 Å². The van der Waals surface area contributed by atoms with Gasteiger partial charge in [-0.1, -0.05) is 19.1 Å². The maximum Gasteiger partial charge on any atom is 0.243 e. The van der Waals surface area contributed by atoms with Gasteiger partial charge in [0.05, 0.1) is 17.1 Å². The maximum atomic E-state index is 12.6. The largest absolute Gasteiger partial charge is 0.368 e. The molecule has 0 fully saturated rings.